The zero-order valence-corrected chi connectivity index (χ0v) is 15.7. The van der Waals surface area contributed by atoms with Gasteiger partial charge in [-0.05, 0) is 44.2 Å². The Hall–Kier alpha value is -2.34. The number of halogens is 1. The van der Waals surface area contributed by atoms with Crippen molar-refractivity contribution in [1.82, 2.24) is 0 Å². The zero-order chi connectivity index (χ0) is 18.0. The van der Waals surface area contributed by atoms with Crippen molar-refractivity contribution in [2.24, 2.45) is 0 Å². The fraction of sp³-hybridized carbons (Fsp3) is 0.263. The van der Waals surface area contributed by atoms with Crippen molar-refractivity contribution in [3.63, 3.8) is 0 Å². The third kappa shape index (κ3) is 3.85. The lowest BCUT2D eigenvalue weighted by Gasteiger charge is -2.38. The maximum Gasteiger partial charge on any atom is 0.270 e. The maximum atomic E-state index is 12.7. The highest BCUT2D eigenvalue weighted by molar-refractivity contribution is 9.10. The summed E-state index contributed by atoms with van der Waals surface area (Å²) in [5, 5.41) is 2.84. The molecule has 0 spiro atoms. The number of hydrogen-bond donors (Lipinski definition) is 1. The SMILES string of the molecule is CC1(C)Oc2ccccc2N(CCC(=O)Nc2cccc(Br)c2)C1=O. The van der Waals surface area contributed by atoms with Gasteiger partial charge in [-0.15, -0.1) is 0 Å². The second-order valence-corrected chi connectivity index (χ2v) is 7.26. The molecule has 25 heavy (non-hydrogen) atoms. The molecule has 0 radical (unpaired) electrons. The summed E-state index contributed by atoms with van der Waals surface area (Å²) in [5.74, 6) is 0.355. The second-order valence-electron chi connectivity index (χ2n) is 6.35. The molecule has 5 nitrogen and oxygen atoms in total. The number of nitrogens with one attached hydrogen (secondary N) is 1. The number of hydrogen-bond acceptors (Lipinski definition) is 3. The number of para-hydroxylation sites is 2. The first-order valence-electron chi connectivity index (χ1n) is 8.02. The average molecular weight is 403 g/mol. The van der Waals surface area contributed by atoms with Crippen molar-refractivity contribution < 1.29 is 14.3 Å². The van der Waals surface area contributed by atoms with Gasteiger partial charge >= 0.3 is 0 Å². The predicted molar refractivity (Wildman–Crippen MR) is 101 cm³/mol. The molecule has 1 heterocycles. The molecule has 1 aliphatic rings. The first kappa shape index (κ1) is 17.5. The van der Waals surface area contributed by atoms with Gasteiger partial charge in [0, 0.05) is 23.1 Å². The minimum absolute atomic E-state index is 0.146. The van der Waals surface area contributed by atoms with Gasteiger partial charge in [-0.2, -0.15) is 0 Å². The summed E-state index contributed by atoms with van der Waals surface area (Å²) in [6, 6.07) is 14.8. The van der Waals surface area contributed by atoms with Gasteiger partial charge < -0.3 is 15.0 Å². The highest BCUT2D eigenvalue weighted by Gasteiger charge is 2.40. The van der Waals surface area contributed by atoms with Crippen LogP contribution in [0.4, 0.5) is 11.4 Å². The van der Waals surface area contributed by atoms with Gasteiger partial charge in [-0.25, -0.2) is 0 Å². The van der Waals surface area contributed by atoms with Crippen LogP contribution in [0, 0.1) is 0 Å². The van der Waals surface area contributed by atoms with Crippen molar-refractivity contribution in [2.45, 2.75) is 25.9 Å². The number of nitrogens with zero attached hydrogens (tertiary/aromatic N) is 1. The monoisotopic (exact) mass is 402 g/mol. The summed E-state index contributed by atoms with van der Waals surface area (Å²) >= 11 is 3.37. The zero-order valence-electron chi connectivity index (χ0n) is 14.1. The molecule has 0 aromatic heterocycles. The summed E-state index contributed by atoms with van der Waals surface area (Å²) in [5.41, 5.74) is 0.463. The number of benzene rings is 2. The molecule has 2 aromatic carbocycles. The van der Waals surface area contributed by atoms with Gasteiger partial charge in [0.05, 0.1) is 5.69 Å². The lowest BCUT2D eigenvalue weighted by Crippen LogP contribution is -2.53. The van der Waals surface area contributed by atoms with Gasteiger partial charge in [0.25, 0.3) is 5.91 Å². The Bertz CT molecular complexity index is 820. The highest BCUT2D eigenvalue weighted by atomic mass is 79.9. The van der Waals surface area contributed by atoms with Gasteiger partial charge in [-0.3, -0.25) is 9.59 Å². The highest BCUT2D eigenvalue weighted by Crippen LogP contribution is 2.37. The number of anilines is 2. The lowest BCUT2D eigenvalue weighted by molar-refractivity contribution is -0.132. The van der Waals surface area contributed by atoms with Gasteiger partial charge in [0.2, 0.25) is 5.91 Å². The quantitative estimate of drug-likeness (QED) is 0.840. The van der Waals surface area contributed by atoms with E-state index in [1.807, 2.05) is 48.5 Å². The number of amides is 2. The van der Waals surface area contributed by atoms with E-state index in [1.54, 1.807) is 18.7 Å². The van der Waals surface area contributed by atoms with E-state index in [2.05, 4.69) is 21.2 Å². The van der Waals surface area contributed by atoms with Gasteiger partial charge in [-0.1, -0.05) is 34.1 Å². The number of fused-ring (bicyclic) bond motifs is 1. The molecule has 0 saturated carbocycles. The molecule has 2 amide bonds. The summed E-state index contributed by atoms with van der Waals surface area (Å²) in [4.78, 5) is 26.6. The number of carbonyl (C=O) groups excluding carboxylic acids is 2. The molecule has 0 atom stereocenters. The summed E-state index contributed by atoms with van der Waals surface area (Å²) in [6.45, 7) is 3.77. The summed E-state index contributed by atoms with van der Waals surface area (Å²) in [7, 11) is 0. The van der Waals surface area contributed by atoms with Gasteiger partial charge in [0.15, 0.2) is 5.60 Å². The van der Waals surface area contributed by atoms with Crippen molar-refractivity contribution >= 4 is 39.1 Å². The van der Waals surface area contributed by atoms with Crippen LogP contribution in [-0.2, 0) is 9.59 Å². The molecule has 0 unspecified atom stereocenters. The third-order valence-electron chi connectivity index (χ3n) is 3.95. The fourth-order valence-corrected chi connectivity index (χ4v) is 3.14. The number of ether oxygens (including phenoxy) is 1. The molecule has 130 valence electrons. The van der Waals surface area contributed by atoms with Crippen molar-refractivity contribution in [1.29, 1.82) is 0 Å². The molecule has 0 fully saturated rings. The molecule has 1 aliphatic heterocycles. The van der Waals surface area contributed by atoms with Crippen LogP contribution < -0.4 is 15.0 Å². The van der Waals surface area contributed by atoms with Crippen LogP contribution in [0.25, 0.3) is 0 Å². The molecule has 3 rings (SSSR count). The van der Waals surface area contributed by atoms with Crippen molar-refractivity contribution in [3.05, 3.63) is 53.0 Å². The molecular weight excluding hydrogens is 384 g/mol. The Morgan fingerprint density at radius 2 is 1.96 bits per heavy atom. The third-order valence-corrected chi connectivity index (χ3v) is 4.45. The van der Waals surface area contributed by atoms with Crippen molar-refractivity contribution in [2.75, 3.05) is 16.8 Å². The maximum absolute atomic E-state index is 12.7. The van der Waals surface area contributed by atoms with E-state index in [-0.39, 0.29) is 18.2 Å². The Labute approximate surface area is 155 Å². The molecule has 6 heteroatoms. The number of carbonyl (C=O) groups is 2. The van der Waals surface area contributed by atoms with Crippen LogP contribution in [0.1, 0.15) is 20.3 Å². The van der Waals surface area contributed by atoms with E-state index in [4.69, 9.17) is 4.74 Å². The predicted octanol–water partition coefficient (Wildman–Crippen LogP) is 3.98. The Morgan fingerprint density at radius 3 is 2.72 bits per heavy atom. The fourth-order valence-electron chi connectivity index (χ4n) is 2.74. The molecule has 0 bridgehead atoms. The molecule has 1 N–H and O–H groups in total. The second kappa shape index (κ2) is 6.88. The molecule has 0 saturated heterocycles. The van der Waals surface area contributed by atoms with E-state index >= 15 is 0 Å². The molecule has 2 aromatic rings. The Balaban J connectivity index is 1.71. The Morgan fingerprint density at radius 1 is 1.20 bits per heavy atom. The smallest absolute Gasteiger partial charge is 0.270 e. The summed E-state index contributed by atoms with van der Waals surface area (Å²) in [6.07, 6.45) is 0.197. The van der Waals surface area contributed by atoms with Crippen molar-refractivity contribution in [3.8, 4) is 5.75 Å². The van der Waals surface area contributed by atoms with E-state index < -0.39 is 5.60 Å². The topological polar surface area (TPSA) is 58.6 Å². The average Bonchev–Trinajstić information content (AvgIpc) is 2.55. The van der Waals surface area contributed by atoms with E-state index in [9.17, 15) is 9.59 Å². The summed E-state index contributed by atoms with van der Waals surface area (Å²) < 4.78 is 6.67. The number of rotatable bonds is 4. The van der Waals surface area contributed by atoms with Crippen LogP contribution in [0.5, 0.6) is 5.75 Å². The minimum atomic E-state index is -0.949. The van der Waals surface area contributed by atoms with Crippen LogP contribution in [0.3, 0.4) is 0 Å². The van der Waals surface area contributed by atoms with Crippen LogP contribution >= 0.6 is 15.9 Å². The first-order chi connectivity index (χ1) is 11.9. The largest absolute Gasteiger partial charge is 0.476 e. The normalized spacial score (nSPS) is 15.3. The van der Waals surface area contributed by atoms with E-state index in [0.29, 0.717) is 23.7 Å². The molecule has 0 aliphatic carbocycles. The van der Waals surface area contributed by atoms with E-state index in [0.717, 1.165) is 4.47 Å². The van der Waals surface area contributed by atoms with Crippen LogP contribution in [0.15, 0.2) is 53.0 Å². The van der Waals surface area contributed by atoms with Crippen LogP contribution in [-0.4, -0.2) is 24.0 Å². The minimum Gasteiger partial charge on any atom is -0.476 e. The Kier molecular flexibility index (Phi) is 4.81. The molecular formula is C19H19BrN2O3. The van der Waals surface area contributed by atoms with E-state index in [1.165, 1.54) is 0 Å². The van der Waals surface area contributed by atoms with Crippen LogP contribution in [0.2, 0.25) is 0 Å². The lowest BCUT2D eigenvalue weighted by atomic mass is 10.0. The standard InChI is InChI=1S/C19H19BrN2O3/c1-19(2)18(24)22(15-8-3-4-9-16(15)25-19)11-10-17(23)21-14-7-5-6-13(20)12-14/h3-9,12H,10-11H2,1-2H3,(H,21,23). The van der Waals surface area contributed by atoms with Gasteiger partial charge in [0.1, 0.15) is 5.75 Å². The first-order valence-corrected chi connectivity index (χ1v) is 8.81.